The van der Waals surface area contributed by atoms with Crippen molar-refractivity contribution in [2.75, 3.05) is 7.05 Å². The van der Waals surface area contributed by atoms with Crippen LogP contribution in [0.15, 0.2) is 0 Å². The van der Waals surface area contributed by atoms with Crippen LogP contribution in [0, 0.1) is 5.92 Å². The molecule has 1 heterocycles. The maximum absolute atomic E-state index is 10.9. The zero-order valence-corrected chi connectivity index (χ0v) is 9.85. The van der Waals surface area contributed by atoms with E-state index in [-0.39, 0.29) is 5.92 Å². The van der Waals surface area contributed by atoms with Crippen molar-refractivity contribution in [2.24, 2.45) is 5.92 Å². The minimum absolute atomic E-state index is 0.200. The Balaban J connectivity index is 2.16. The molecule has 0 aromatic carbocycles. The molecule has 4 atom stereocenters. The molecule has 0 bridgehead atoms. The Kier molecular flexibility index (Phi) is 2.97. The number of hydrogen-bond donors (Lipinski definition) is 1. The molecule has 3 nitrogen and oxygen atoms in total. The third-order valence-electron chi connectivity index (χ3n) is 2.90. The highest BCUT2D eigenvalue weighted by molar-refractivity contribution is 9.09. The Bertz CT molecular complexity index is 216. The average molecular weight is 265 g/mol. The fourth-order valence-electron chi connectivity index (χ4n) is 2.17. The lowest BCUT2D eigenvalue weighted by molar-refractivity contribution is -0.113. The summed E-state index contributed by atoms with van der Waals surface area (Å²) in [5.41, 5.74) is 0. The van der Waals surface area contributed by atoms with Gasteiger partial charge in [-0.3, -0.25) is 0 Å². The first-order valence-corrected chi connectivity index (χ1v) is 6.17. The minimum atomic E-state index is 0.200. The standard InChI is InChI=1S/C8H13BrN2OS/c1-11-8-5(4-12)2-3-6(9)7(8)10-13-11/h4-8,10H,2-3H2,1H3. The van der Waals surface area contributed by atoms with Crippen LogP contribution in [-0.2, 0) is 4.79 Å². The summed E-state index contributed by atoms with van der Waals surface area (Å²) in [6.45, 7) is 0. The molecule has 1 saturated carbocycles. The van der Waals surface area contributed by atoms with Crippen molar-refractivity contribution in [2.45, 2.75) is 29.8 Å². The molecular formula is C8H13BrN2OS. The number of likely N-dealkylation sites (N-methyl/N-ethyl adjacent to an activating group) is 1. The minimum Gasteiger partial charge on any atom is -0.303 e. The van der Waals surface area contributed by atoms with Crippen molar-refractivity contribution in [3.05, 3.63) is 0 Å². The fraction of sp³-hybridized carbons (Fsp3) is 0.875. The van der Waals surface area contributed by atoms with Crippen LogP contribution in [0.4, 0.5) is 0 Å². The van der Waals surface area contributed by atoms with Gasteiger partial charge in [0.15, 0.2) is 0 Å². The first-order chi connectivity index (χ1) is 6.24. The molecule has 1 aliphatic heterocycles. The number of carbonyl (C=O) groups is 1. The van der Waals surface area contributed by atoms with E-state index < -0.39 is 0 Å². The van der Waals surface area contributed by atoms with E-state index in [9.17, 15) is 4.79 Å². The van der Waals surface area contributed by atoms with Crippen molar-refractivity contribution in [1.82, 2.24) is 9.03 Å². The third kappa shape index (κ3) is 1.67. The molecule has 2 rings (SSSR count). The van der Waals surface area contributed by atoms with Crippen LogP contribution < -0.4 is 4.72 Å². The van der Waals surface area contributed by atoms with Gasteiger partial charge in [-0.05, 0) is 19.9 Å². The quantitative estimate of drug-likeness (QED) is 0.438. The molecule has 1 saturated heterocycles. The first kappa shape index (κ1) is 9.96. The van der Waals surface area contributed by atoms with Crippen molar-refractivity contribution in [3.63, 3.8) is 0 Å². The number of alkyl halides is 1. The maximum Gasteiger partial charge on any atom is 0.124 e. The van der Waals surface area contributed by atoms with Gasteiger partial charge in [0.1, 0.15) is 6.29 Å². The van der Waals surface area contributed by atoms with Crippen LogP contribution in [0.2, 0.25) is 0 Å². The van der Waals surface area contributed by atoms with Crippen molar-refractivity contribution >= 4 is 34.4 Å². The van der Waals surface area contributed by atoms with Crippen molar-refractivity contribution < 1.29 is 4.79 Å². The second-order valence-corrected chi connectivity index (χ2v) is 5.84. The largest absolute Gasteiger partial charge is 0.303 e. The first-order valence-electron chi connectivity index (χ1n) is 4.48. The predicted molar refractivity (Wildman–Crippen MR) is 57.6 cm³/mol. The highest BCUT2D eigenvalue weighted by atomic mass is 79.9. The highest BCUT2D eigenvalue weighted by Gasteiger charge is 2.44. The summed E-state index contributed by atoms with van der Waals surface area (Å²) in [7, 11) is 2.05. The van der Waals surface area contributed by atoms with Gasteiger partial charge in [0.05, 0.1) is 0 Å². The number of fused-ring (bicyclic) bond motifs is 1. The summed E-state index contributed by atoms with van der Waals surface area (Å²) >= 11 is 5.28. The SMILES string of the molecule is CN1SNC2C(Br)CCC(C=O)C21. The Morgan fingerprint density at radius 1 is 1.62 bits per heavy atom. The number of carbonyl (C=O) groups excluding carboxylic acids is 1. The molecule has 0 aromatic rings. The Morgan fingerprint density at radius 2 is 2.38 bits per heavy atom. The summed E-state index contributed by atoms with van der Waals surface area (Å²) in [4.78, 5) is 11.4. The van der Waals surface area contributed by atoms with E-state index in [1.54, 1.807) is 12.1 Å². The van der Waals surface area contributed by atoms with Crippen molar-refractivity contribution in [3.8, 4) is 0 Å². The number of nitrogens with zero attached hydrogens (tertiary/aromatic N) is 1. The van der Waals surface area contributed by atoms with E-state index in [0.29, 0.717) is 16.9 Å². The Labute approximate surface area is 91.0 Å². The van der Waals surface area contributed by atoms with Gasteiger partial charge in [0, 0.05) is 35.0 Å². The molecule has 0 spiro atoms. The number of halogens is 1. The molecule has 13 heavy (non-hydrogen) atoms. The molecule has 74 valence electrons. The summed E-state index contributed by atoms with van der Waals surface area (Å²) in [5.74, 6) is 0.200. The molecular weight excluding hydrogens is 252 g/mol. The van der Waals surface area contributed by atoms with E-state index in [2.05, 4.69) is 25.0 Å². The summed E-state index contributed by atoms with van der Waals surface area (Å²) in [6, 6.07) is 0.777. The number of hydrogen-bond acceptors (Lipinski definition) is 4. The third-order valence-corrected chi connectivity index (χ3v) is 4.84. The summed E-state index contributed by atoms with van der Waals surface area (Å²) < 4.78 is 5.52. The zero-order chi connectivity index (χ0) is 9.42. The smallest absolute Gasteiger partial charge is 0.124 e. The fourth-order valence-corrected chi connectivity index (χ4v) is 4.06. The van der Waals surface area contributed by atoms with Crippen LogP contribution in [0.1, 0.15) is 12.8 Å². The van der Waals surface area contributed by atoms with E-state index in [1.165, 1.54) is 0 Å². The van der Waals surface area contributed by atoms with Gasteiger partial charge in [-0.25, -0.2) is 9.03 Å². The van der Waals surface area contributed by atoms with Gasteiger partial charge in [-0.15, -0.1) is 0 Å². The van der Waals surface area contributed by atoms with Crippen LogP contribution in [0.25, 0.3) is 0 Å². The van der Waals surface area contributed by atoms with Gasteiger partial charge < -0.3 is 4.79 Å². The molecule has 4 unspecified atom stereocenters. The van der Waals surface area contributed by atoms with Crippen LogP contribution in [0.5, 0.6) is 0 Å². The molecule has 1 aliphatic carbocycles. The van der Waals surface area contributed by atoms with Gasteiger partial charge >= 0.3 is 0 Å². The lowest BCUT2D eigenvalue weighted by Crippen LogP contribution is -2.49. The lowest BCUT2D eigenvalue weighted by Gasteiger charge is -2.35. The normalized spacial score (nSPS) is 46.0. The molecule has 0 amide bonds. The molecule has 0 aromatic heterocycles. The average Bonchev–Trinajstić information content (AvgIpc) is 2.51. The van der Waals surface area contributed by atoms with Crippen LogP contribution in [-0.4, -0.2) is 34.5 Å². The van der Waals surface area contributed by atoms with E-state index in [4.69, 9.17) is 0 Å². The van der Waals surface area contributed by atoms with Gasteiger partial charge in [-0.2, -0.15) is 0 Å². The number of aldehydes is 1. The van der Waals surface area contributed by atoms with Gasteiger partial charge in [0.25, 0.3) is 0 Å². The van der Waals surface area contributed by atoms with Crippen LogP contribution in [0.3, 0.4) is 0 Å². The Hall–Kier alpha value is 0.420. The van der Waals surface area contributed by atoms with E-state index in [0.717, 1.165) is 19.1 Å². The number of rotatable bonds is 1. The summed E-state index contributed by atoms with van der Waals surface area (Å²) in [6.07, 6.45) is 3.21. The zero-order valence-electron chi connectivity index (χ0n) is 7.44. The molecule has 0 radical (unpaired) electrons. The van der Waals surface area contributed by atoms with E-state index in [1.807, 2.05) is 7.05 Å². The lowest BCUT2D eigenvalue weighted by atomic mass is 9.82. The topological polar surface area (TPSA) is 32.3 Å². The van der Waals surface area contributed by atoms with Gasteiger partial charge in [0.2, 0.25) is 0 Å². The van der Waals surface area contributed by atoms with E-state index >= 15 is 0 Å². The van der Waals surface area contributed by atoms with Crippen LogP contribution >= 0.6 is 28.1 Å². The van der Waals surface area contributed by atoms with Crippen molar-refractivity contribution in [1.29, 1.82) is 0 Å². The number of nitrogens with one attached hydrogen (secondary N) is 1. The predicted octanol–water partition coefficient (Wildman–Crippen LogP) is 1.19. The maximum atomic E-state index is 10.9. The second kappa shape index (κ2) is 3.88. The monoisotopic (exact) mass is 264 g/mol. The second-order valence-electron chi connectivity index (χ2n) is 3.66. The molecule has 2 fully saturated rings. The molecule has 5 heteroatoms. The van der Waals surface area contributed by atoms with Gasteiger partial charge in [-0.1, -0.05) is 15.9 Å². The Morgan fingerprint density at radius 3 is 3.08 bits per heavy atom. The summed E-state index contributed by atoms with van der Waals surface area (Å²) in [5, 5.41) is 0. The molecule has 1 N–H and O–H groups in total. The highest BCUT2D eigenvalue weighted by Crippen LogP contribution is 2.38. The molecule has 2 aliphatic rings.